The van der Waals surface area contributed by atoms with E-state index in [1.54, 1.807) is 54.6 Å². The van der Waals surface area contributed by atoms with E-state index in [1.165, 1.54) is 18.2 Å². The zero-order valence-corrected chi connectivity index (χ0v) is 13.6. The third-order valence-electron chi connectivity index (χ3n) is 3.50. The minimum atomic E-state index is -0.460. The number of benzene rings is 2. The van der Waals surface area contributed by atoms with Gasteiger partial charge in [0, 0.05) is 28.3 Å². The maximum atomic E-state index is 12.1. The zero-order valence-electron chi connectivity index (χ0n) is 12.9. The number of non-ortho nitro benzene ring substituents is 1. The highest BCUT2D eigenvalue weighted by atomic mass is 35.5. The Labute approximate surface area is 148 Å². The van der Waals surface area contributed by atoms with E-state index in [1.807, 2.05) is 0 Å². The summed E-state index contributed by atoms with van der Waals surface area (Å²) in [7, 11) is 0. The van der Waals surface area contributed by atoms with Gasteiger partial charge < -0.3 is 4.42 Å². The third kappa shape index (κ3) is 4.02. The molecule has 0 atom stereocenters. The summed E-state index contributed by atoms with van der Waals surface area (Å²) < 4.78 is 5.63. The van der Waals surface area contributed by atoms with Crippen LogP contribution in [0.5, 0.6) is 0 Å². The number of nitrogens with zero attached hydrogens (tertiary/aromatic N) is 1. The first kappa shape index (κ1) is 16.7. The Morgan fingerprint density at radius 2 is 1.84 bits per heavy atom. The average molecular weight is 354 g/mol. The molecule has 0 radical (unpaired) electrons. The minimum absolute atomic E-state index is 0.0103. The number of ketones is 1. The second kappa shape index (κ2) is 7.15. The van der Waals surface area contributed by atoms with Crippen LogP contribution in [-0.2, 0) is 0 Å². The highest BCUT2D eigenvalue weighted by molar-refractivity contribution is 6.30. The van der Waals surface area contributed by atoms with Crippen molar-refractivity contribution < 1.29 is 14.1 Å². The average Bonchev–Trinajstić information content (AvgIpc) is 3.09. The first-order valence-electron chi connectivity index (χ1n) is 7.35. The van der Waals surface area contributed by atoms with E-state index >= 15 is 0 Å². The lowest BCUT2D eigenvalue weighted by Gasteiger charge is -1.97. The minimum Gasteiger partial charge on any atom is -0.457 e. The maximum absolute atomic E-state index is 12.1. The van der Waals surface area contributed by atoms with Gasteiger partial charge in [-0.05, 0) is 48.6 Å². The van der Waals surface area contributed by atoms with Crippen molar-refractivity contribution >= 4 is 29.1 Å². The van der Waals surface area contributed by atoms with E-state index in [-0.39, 0.29) is 11.5 Å². The number of carbonyl (C=O) groups excluding carboxylic acids is 1. The van der Waals surface area contributed by atoms with Gasteiger partial charge >= 0.3 is 0 Å². The lowest BCUT2D eigenvalue weighted by atomic mass is 10.1. The van der Waals surface area contributed by atoms with E-state index in [9.17, 15) is 14.9 Å². The van der Waals surface area contributed by atoms with Crippen molar-refractivity contribution in [3.8, 4) is 11.3 Å². The molecule has 2 aromatic carbocycles. The number of rotatable bonds is 5. The Hall–Kier alpha value is -3.18. The molecule has 0 fully saturated rings. The lowest BCUT2D eigenvalue weighted by Crippen LogP contribution is -1.92. The molecular formula is C19H12ClNO4. The van der Waals surface area contributed by atoms with E-state index in [0.29, 0.717) is 27.7 Å². The Balaban J connectivity index is 1.77. The Bertz CT molecular complexity index is 958. The molecule has 0 aliphatic rings. The molecule has 0 aliphatic heterocycles. The highest BCUT2D eigenvalue weighted by Gasteiger charge is 2.10. The second-order valence-electron chi connectivity index (χ2n) is 5.21. The number of halogens is 1. The molecule has 0 N–H and O–H groups in total. The van der Waals surface area contributed by atoms with Gasteiger partial charge in [0.15, 0.2) is 5.78 Å². The first-order chi connectivity index (χ1) is 12.0. The molecule has 0 bridgehead atoms. The summed E-state index contributed by atoms with van der Waals surface area (Å²) in [6.07, 6.45) is 2.96. The summed E-state index contributed by atoms with van der Waals surface area (Å²) in [5, 5.41) is 11.4. The van der Waals surface area contributed by atoms with Crippen molar-refractivity contribution in [3.05, 3.63) is 93.2 Å². The van der Waals surface area contributed by atoms with Gasteiger partial charge in [0.25, 0.3) is 5.69 Å². The molecule has 3 aromatic rings. The molecule has 6 heteroatoms. The van der Waals surface area contributed by atoms with Crippen LogP contribution in [0.25, 0.3) is 17.4 Å². The summed E-state index contributed by atoms with van der Waals surface area (Å²) in [5.74, 6) is 0.788. The molecular weight excluding hydrogens is 342 g/mol. The molecule has 0 amide bonds. The van der Waals surface area contributed by atoms with Crippen LogP contribution < -0.4 is 0 Å². The Morgan fingerprint density at radius 3 is 2.56 bits per heavy atom. The maximum Gasteiger partial charge on any atom is 0.270 e. The fourth-order valence-electron chi connectivity index (χ4n) is 2.24. The molecule has 0 aliphatic carbocycles. The number of carbonyl (C=O) groups is 1. The summed E-state index contributed by atoms with van der Waals surface area (Å²) in [6.45, 7) is 0. The molecule has 25 heavy (non-hydrogen) atoms. The normalized spacial score (nSPS) is 10.9. The fourth-order valence-corrected chi connectivity index (χ4v) is 2.36. The van der Waals surface area contributed by atoms with E-state index in [4.69, 9.17) is 16.0 Å². The third-order valence-corrected chi connectivity index (χ3v) is 3.75. The van der Waals surface area contributed by atoms with Crippen molar-refractivity contribution in [2.45, 2.75) is 0 Å². The van der Waals surface area contributed by atoms with Crippen molar-refractivity contribution in [1.82, 2.24) is 0 Å². The van der Waals surface area contributed by atoms with Gasteiger partial charge in [-0.2, -0.15) is 0 Å². The number of allylic oxidation sites excluding steroid dienone is 1. The van der Waals surface area contributed by atoms with Gasteiger partial charge in [-0.1, -0.05) is 23.7 Å². The van der Waals surface area contributed by atoms with Crippen LogP contribution in [-0.4, -0.2) is 10.7 Å². The summed E-state index contributed by atoms with van der Waals surface area (Å²) in [6, 6.07) is 16.1. The predicted octanol–water partition coefficient (Wildman–Crippen LogP) is 5.40. The second-order valence-corrected chi connectivity index (χ2v) is 5.65. The molecule has 124 valence electrons. The molecule has 0 saturated heterocycles. The standard InChI is InChI=1S/C19H12ClNO4/c20-15-6-4-13(5-7-15)18(22)10-8-17-9-11-19(25-17)14-2-1-3-16(12-14)21(23)24/h1-12H. The predicted molar refractivity (Wildman–Crippen MR) is 95.6 cm³/mol. The number of hydrogen-bond donors (Lipinski definition) is 0. The van der Waals surface area contributed by atoms with Crippen LogP contribution in [0.2, 0.25) is 5.02 Å². The van der Waals surface area contributed by atoms with Crippen LogP contribution in [0.4, 0.5) is 5.69 Å². The van der Waals surface area contributed by atoms with Crippen molar-refractivity contribution in [2.75, 3.05) is 0 Å². The zero-order chi connectivity index (χ0) is 17.8. The lowest BCUT2D eigenvalue weighted by molar-refractivity contribution is -0.384. The van der Waals surface area contributed by atoms with E-state index in [0.717, 1.165) is 0 Å². The van der Waals surface area contributed by atoms with Crippen molar-refractivity contribution in [3.63, 3.8) is 0 Å². The van der Waals surface area contributed by atoms with Gasteiger partial charge in [-0.25, -0.2) is 0 Å². The molecule has 0 spiro atoms. The fraction of sp³-hybridized carbons (Fsp3) is 0. The van der Waals surface area contributed by atoms with E-state index in [2.05, 4.69) is 0 Å². The molecule has 0 saturated carbocycles. The molecule has 0 unspecified atom stereocenters. The Morgan fingerprint density at radius 1 is 1.08 bits per heavy atom. The SMILES string of the molecule is O=C(C=Cc1ccc(-c2cccc([N+](=O)[O-])c2)o1)c1ccc(Cl)cc1. The quantitative estimate of drug-likeness (QED) is 0.266. The van der Waals surface area contributed by atoms with Crippen molar-refractivity contribution in [2.24, 2.45) is 0 Å². The van der Waals surface area contributed by atoms with Crippen LogP contribution in [0.1, 0.15) is 16.1 Å². The summed E-state index contributed by atoms with van der Waals surface area (Å²) in [5.41, 5.74) is 1.10. The molecule has 3 rings (SSSR count). The van der Waals surface area contributed by atoms with Gasteiger partial charge in [0.05, 0.1) is 4.92 Å². The Kier molecular flexibility index (Phi) is 4.77. The van der Waals surface area contributed by atoms with Crippen LogP contribution in [0, 0.1) is 10.1 Å². The van der Waals surface area contributed by atoms with Gasteiger partial charge in [0.2, 0.25) is 0 Å². The smallest absolute Gasteiger partial charge is 0.270 e. The highest BCUT2D eigenvalue weighted by Crippen LogP contribution is 2.26. The number of hydrogen-bond acceptors (Lipinski definition) is 4. The molecule has 1 heterocycles. The van der Waals surface area contributed by atoms with Crippen LogP contribution in [0.3, 0.4) is 0 Å². The van der Waals surface area contributed by atoms with E-state index < -0.39 is 4.92 Å². The molecule has 5 nitrogen and oxygen atoms in total. The topological polar surface area (TPSA) is 73.3 Å². The molecule has 1 aromatic heterocycles. The van der Waals surface area contributed by atoms with Gasteiger partial charge in [-0.15, -0.1) is 0 Å². The monoisotopic (exact) mass is 353 g/mol. The van der Waals surface area contributed by atoms with Crippen LogP contribution in [0.15, 0.2) is 71.2 Å². The van der Waals surface area contributed by atoms with Crippen LogP contribution >= 0.6 is 11.6 Å². The van der Waals surface area contributed by atoms with Gasteiger partial charge in [-0.3, -0.25) is 14.9 Å². The number of nitro groups is 1. The summed E-state index contributed by atoms with van der Waals surface area (Å²) >= 11 is 5.79. The number of nitro benzene ring substituents is 1. The largest absolute Gasteiger partial charge is 0.457 e. The van der Waals surface area contributed by atoms with Crippen molar-refractivity contribution in [1.29, 1.82) is 0 Å². The number of furan rings is 1. The summed E-state index contributed by atoms with van der Waals surface area (Å²) in [4.78, 5) is 22.5. The first-order valence-corrected chi connectivity index (χ1v) is 7.73. The van der Waals surface area contributed by atoms with Gasteiger partial charge in [0.1, 0.15) is 11.5 Å².